The van der Waals surface area contributed by atoms with Crippen molar-refractivity contribution in [2.24, 2.45) is 5.73 Å². The van der Waals surface area contributed by atoms with Crippen molar-refractivity contribution in [3.63, 3.8) is 0 Å². The highest BCUT2D eigenvalue weighted by Gasteiger charge is 2.17. The number of nitrogens with zero attached hydrogens (tertiary/aromatic N) is 2. The largest absolute Gasteiger partial charge is 0.370 e. The molecular formula is C30H43N3O. The number of primary amides is 1. The van der Waals surface area contributed by atoms with Crippen LogP contribution in [0.3, 0.4) is 0 Å². The second-order valence-electron chi connectivity index (χ2n) is 9.82. The first-order valence-electron chi connectivity index (χ1n) is 13.6. The van der Waals surface area contributed by atoms with E-state index in [1.54, 1.807) is 0 Å². The highest BCUT2D eigenvalue weighted by molar-refractivity contribution is 6.05. The molecule has 2 N–H and O–H groups in total. The average Bonchev–Trinajstić information content (AvgIpc) is 2.86. The number of unbranched alkanes of at least 4 members (excludes halogenated alkanes) is 10. The van der Waals surface area contributed by atoms with E-state index in [0.717, 1.165) is 29.3 Å². The molecule has 4 heteroatoms. The van der Waals surface area contributed by atoms with Crippen LogP contribution in [0.1, 0.15) is 115 Å². The van der Waals surface area contributed by atoms with Gasteiger partial charge in [0.25, 0.3) is 0 Å². The summed E-state index contributed by atoms with van der Waals surface area (Å²) in [6, 6.07) is 10.8. The van der Waals surface area contributed by atoms with Gasteiger partial charge in [-0.25, -0.2) is 0 Å². The molecule has 0 aliphatic carbocycles. The predicted octanol–water partition coefficient (Wildman–Crippen LogP) is 8.22. The number of rotatable bonds is 17. The second kappa shape index (κ2) is 14.7. The first-order chi connectivity index (χ1) is 16.7. The van der Waals surface area contributed by atoms with Gasteiger partial charge in [0, 0.05) is 29.6 Å². The molecule has 0 saturated carbocycles. The molecular weight excluding hydrogens is 418 g/mol. The van der Waals surface area contributed by atoms with Gasteiger partial charge >= 0.3 is 0 Å². The van der Waals surface area contributed by atoms with Gasteiger partial charge in [0.05, 0.1) is 11.0 Å². The van der Waals surface area contributed by atoms with Crippen LogP contribution in [-0.2, 0) is 4.79 Å². The van der Waals surface area contributed by atoms with Crippen molar-refractivity contribution in [2.45, 2.75) is 109 Å². The van der Waals surface area contributed by atoms with E-state index in [1.165, 1.54) is 88.0 Å². The van der Waals surface area contributed by atoms with Gasteiger partial charge in [-0.1, -0.05) is 83.6 Å². The first-order valence-corrected chi connectivity index (χ1v) is 13.6. The fourth-order valence-corrected chi connectivity index (χ4v) is 5.17. The minimum absolute atomic E-state index is 0.177. The molecule has 2 heterocycles. The lowest BCUT2D eigenvalue weighted by Crippen LogP contribution is -2.09. The molecule has 0 fully saturated rings. The summed E-state index contributed by atoms with van der Waals surface area (Å²) >= 11 is 0. The summed E-state index contributed by atoms with van der Waals surface area (Å²) in [5.74, 6) is 0.378. The third-order valence-electron chi connectivity index (χ3n) is 7.08. The minimum Gasteiger partial charge on any atom is -0.370 e. The molecule has 0 aliphatic heterocycles. The molecule has 3 aromatic rings. The number of hydrogen-bond acceptors (Lipinski definition) is 3. The number of carbonyl (C=O) groups excluding carboxylic acids is 1. The van der Waals surface area contributed by atoms with Crippen LogP contribution < -0.4 is 5.73 Å². The maximum absolute atomic E-state index is 10.9. The molecule has 3 rings (SSSR count). The Labute approximate surface area is 205 Å². The average molecular weight is 462 g/mol. The zero-order chi connectivity index (χ0) is 24.0. The molecule has 0 aliphatic rings. The molecule has 0 saturated heterocycles. The highest BCUT2D eigenvalue weighted by atomic mass is 16.1. The number of carbonyl (C=O) groups is 1. The fourth-order valence-electron chi connectivity index (χ4n) is 5.17. The van der Waals surface area contributed by atoms with E-state index < -0.39 is 0 Å². The Balaban J connectivity index is 1.66. The van der Waals surface area contributed by atoms with Crippen molar-refractivity contribution in [1.29, 1.82) is 0 Å². The van der Waals surface area contributed by atoms with E-state index in [4.69, 9.17) is 10.7 Å². The molecule has 1 unspecified atom stereocenters. The Kier molecular flexibility index (Phi) is 11.3. The van der Waals surface area contributed by atoms with E-state index in [0.29, 0.717) is 12.3 Å². The number of fused-ring (bicyclic) bond motifs is 3. The van der Waals surface area contributed by atoms with Crippen LogP contribution in [0, 0.1) is 0 Å². The summed E-state index contributed by atoms with van der Waals surface area (Å²) in [6.07, 6.45) is 21.8. The fraction of sp³-hybridized carbons (Fsp3) is 0.567. The van der Waals surface area contributed by atoms with Gasteiger partial charge < -0.3 is 5.73 Å². The Hall–Kier alpha value is -2.49. The zero-order valence-corrected chi connectivity index (χ0v) is 21.1. The topological polar surface area (TPSA) is 68.9 Å². The summed E-state index contributed by atoms with van der Waals surface area (Å²) in [5, 5.41) is 2.45. The molecule has 2 aromatic heterocycles. The van der Waals surface area contributed by atoms with Crippen molar-refractivity contribution < 1.29 is 4.79 Å². The molecule has 1 aromatic carbocycles. The van der Waals surface area contributed by atoms with E-state index in [-0.39, 0.29) is 5.91 Å². The Bertz CT molecular complexity index is 1020. The number of nitrogens with two attached hydrogens (primary N) is 1. The molecule has 1 atom stereocenters. The number of pyridine rings is 2. The summed E-state index contributed by atoms with van der Waals surface area (Å²) in [7, 11) is 0. The van der Waals surface area contributed by atoms with E-state index in [1.807, 2.05) is 18.5 Å². The van der Waals surface area contributed by atoms with E-state index in [2.05, 4.69) is 36.2 Å². The SMILES string of the molecule is CCCCCCCCC(CCCCCCCCC(N)=O)c1cc2ncccc2c2ncccc12. The van der Waals surface area contributed by atoms with E-state index >= 15 is 0 Å². The van der Waals surface area contributed by atoms with Crippen molar-refractivity contribution in [3.05, 3.63) is 48.3 Å². The van der Waals surface area contributed by atoms with Crippen LogP contribution in [0.15, 0.2) is 42.7 Å². The van der Waals surface area contributed by atoms with Crippen LogP contribution in [0.5, 0.6) is 0 Å². The Morgan fingerprint density at radius 3 is 2.06 bits per heavy atom. The summed E-state index contributed by atoms with van der Waals surface area (Å²) in [4.78, 5) is 20.3. The molecule has 1 amide bonds. The predicted molar refractivity (Wildman–Crippen MR) is 144 cm³/mol. The molecule has 184 valence electrons. The van der Waals surface area contributed by atoms with Crippen molar-refractivity contribution in [1.82, 2.24) is 9.97 Å². The monoisotopic (exact) mass is 461 g/mol. The Morgan fingerprint density at radius 1 is 0.794 bits per heavy atom. The van der Waals surface area contributed by atoms with Crippen molar-refractivity contribution in [3.8, 4) is 0 Å². The van der Waals surface area contributed by atoms with Crippen LogP contribution in [0.2, 0.25) is 0 Å². The molecule has 34 heavy (non-hydrogen) atoms. The number of amides is 1. The summed E-state index contributed by atoms with van der Waals surface area (Å²) < 4.78 is 0. The molecule has 4 nitrogen and oxygen atoms in total. The van der Waals surface area contributed by atoms with Crippen LogP contribution in [0.25, 0.3) is 21.8 Å². The quantitative estimate of drug-likeness (QED) is 0.163. The number of hydrogen-bond donors (Lipinski definition) is 1. The first kappa shape index (κ1) is 26.1. The van der Waals surface area contributed by atoms with Crippen molar-refractivity contribution >= 4 is 27.7 Å². The normalized spacial score (nSPS) is 12.4. The van der Waals surface area contributed by atoms with Gasteiger partial charge in [0.15, 0.2) is 0 Å². The smallest absolute Gasteiger partial charge is 0.217 e. The maximum Gasteiger partial charge on any atom is 0.217 e. The molecule has 0 spiro atoms. The standard InChI is InChI=1S/C30H43N3O/c1-2-3-4-5-8-11-16-24(17-12-9-6-7-10-13-20-29(31)34)27-23-28-26(19-15-21-32-28)30-25(27)18-14-22-33-30/h14-15,18-19,21-24H,2-13,16-17,20H2,1H3,(H2,31,34). The van der Waals surface area contributed by atoms with Gasteiger partial charge in [0.2, 0.25) is 5.91 Å². The van der Waals surface area contributed by atoms with Gasteiger partial charge in [-0.15, -0.1) is 0 Å². The number of aromatic nitrogens is 2. The maximum atomic E-state index is 10.9. The third kappa shape index (κ3) is 8.07. The van der Waals surface area contributed by atoms with Crippen LogP contribution in [-0.4, -0.2) is 15.9 Å². The van der Waals surface area contributed by atoms with Crippen LogP contribution >= 0.6 is 0 Å². The summed E-state index contributed by atoms with van der Waals surface area (Å²) in [6.45, 7) is 2.28. The lowest BCUT2D eigenvalue weighted by molar-refractivity contribution is -0.118. The zero-order valence-electron chi connectivity index (χ0n) is 21.1. The van der Waals surface area contributed by atoms with Crippen LogP contribution in [0.4, 0.5) is 0 Å². The summed E-state index contributed by atoms with van der Waals surface area (Å²) in [5.41, 5.74) is 8.83. The van der Waals surface area contributed by atoms with Gasteiger partial charge in [-0.2, -0.15) is 0 Å². The minimum atomic E-state index is -0.177. The highest BCUT2D eigenvalue weighted by Crippen LogP contribution is 2.36. The van der Waals surface area contributed by atoms with Gasteiger partial charge in [0.1, 0.15) is 0 Å². The molecule has 0 bridgehead atoms. The van der Waals surface area contributed by atoms with Crippen molar-refractivity contribution in [2.75, 3.05) is 0 Å². The molecule has 0 radical (unpaired) electrons. The lowest BCUT2D eigenvalue weighted by atomic mass is 9.85. The van der Waals surface area contributed by atoms with E-state index in [9.17, 15) is 4.79 Å². The van der Waals surface area contributed by atoms with Gasteiger partial charge in [-0.05, 0) is 55.0 Å². The Morgan fingerprint density at radius 2 is 1.38 bits per heavy atom. The lowest BCUT2D eigenvalue weighted by Gasteiger charge is -2.20. The number of benzene rings is 1. The third-order valence-corrected chi connectivity index (χ3v) is 7.08. The van der Waals surface area contributed by atoms with Gasteiger partial charge in [-0.3, -0.25) is 14.8 Å². The second-order valence-corrected chi connectivity index (χ2v) is 9.82.